The Balaban J connectivity index is 1.91. The first-order chi connectivity index (χ1) is 9.61. The molecule has 1 aromatic carbocycles. The number of hydrogen-bond donors (Lipinski definition) is 1. The fraction of sp³-hybridized carbons (Fsp3) is 0.562. The number of hydrogen-bond acceptors (Lipinski definition) is 2. The number of amides is 1. The van der Waals surface area contributed by atoms with Crippen LogP contribution in [0.5, 0.6) is 0 Å². The Hall–Kier alpha value is -1.42. The van der Waals surface area contributed by atoms with E-state index in [4.69, 9.17) is 0 Å². The van der Waals surface area contributed by atoms with Crippen LogP contribution in [-0.4, -0.2) is 37.0 Å². The minimum absolute atomic E-state index is 0.141. The van der Waals surface area contributed by atoms with Crippen molar-refractivity contribution >= 4 is 5.91 Å². The van der Waals surface area contributed by atoms with E-state index in [1.54, 1.807) is 12.1 Å². The Morgan fingerprint density at radius 1 is 1.40 bits per heavy atom. The van der Waals surface area contributed by atoms with E-state index in [-0.39, 0.29) is 17.6 Å². The standard InChI is InChI=1S/C16H23FN2O/c1-12(11-13-5-3-4-6-15(13)17)16(20)19-9-7-14(18-2)8-10-19/h3-6,12,14,18H,7-11H2,1-2H3. The summed E-state index contributed by atoms with van der Waals surface area (Å²) >= 11 is 0. The summed E-state index contributed by atoms with van der Waals surface area (Å²) < 4.78 is 13.6. The molecule has 1 saturated heterocycles. The van der Waals surface area contributed by atoms with Crippen LogP contribution in [0.1, 0.15) is 25.3 Å². The van der Waals surface area contributed by atoms with Gasteiger partial charge in [0.05, 0.1) is 0 Å². The van der Waals surface area contributed by atoms with Crippen molar-refractivity contribution in [1.29, 1.82) is 0 Å². The Bertz CT molecular complexity index is 456. The number of likely N-dealkylation sites (tertiary alicyclic amines) is 1. The van der Waals surface area contributed by atoms with Gasteiger partial charge in [-0.05, 0) is 37.9 Å². The molecule has 4 heteroatoms. The SMILES string of the molecule is CNC1CCN(C(=O)C(C)Cc2ccccc2F)CC1. The predicted octanol–water partition coefficient (Wildman–Crippen LogP) is 2.21. The number of nitrogens with zero attached hydrogens (tertiary/aromatic N) is 1. The van der Waals surface area contributed by atoms with Gasteiger partial charge in [0.15, 0.2) is 0 Å². The van der Waals surface area contributed by atoms with E-state index in [9.17, 15) is 9.18 Å². The molecule has 0 bridgehead atoms. The maximum Gasteiger partial charge on any atom is 0.225 e. The summed E-state index contributed by atoms with van der Waals surface area (Å²) in [5.74, 6) is -0.248. The molecule has 3 nitrogen and oxygen atoms in total. The summed E-state index contributed by atoms with van der Waals surface area (Å²) in [4.78, 5) is 14.3. The van der Waals surface area contributed by atoms with Crippen molar-refractivity contribution in [1.82, 2.24) is 10.2 Å². The van der Waals surface area contributed by atoms with Gasteiger partial charge in [0.2, 0.25) is 5.91 Å². The van der Waals surface area contributed by atoms with E-state index in [0.717, 1.165) is 25.9 Å². The van der Waals surface area contributed by atoms with Crippen LogP contribution in [0.3, 0.4) is 0 Å². The van der Waals surface area contributed by atoms with Gasteiger partial charge >= 0.3 is 0 Å². The molecule has 0 spiro atoms. The third kappa shape index (κ3) is 3.57. The zero-order valence-corrected chi connectivity index (χ0v) is 12.2. The molecule has 0 saturated carbocycles. The van der Waals surface area contributed by atoms with E-state index >= 15 is 0 Å². The average molecular weight is 278 g/mol. The summed E-state index contributed by atoms with van der Waals surface area (Å²) in [6.45, 7) is 3.48. The Morgan fingerprint density at radius 3 is 2.65 bits per heavy atom. The second-order valence-corrected chi connectivity index (χ2v) is 5.58. The average Bonchev–Trinajstić information content (AvgIpc) is 2.49. The van der Waals surface area contributed by atoms with E-state index in [1.807, 2.05) is 24.9 Å². The number of carbonyl (C=O) groups is 1. The smallest absolute Gasteiger partial charge is 0.225 e. The molecule has 0 aliphatic carbocycles. The molecule has 1 aromatic rings. The Morgan fingerprint density at radius 2 is 2.05 bits per heavy atom. The van der Waals surface area contributed by atoms with Gasteiger partial charge in [0.25, 0.3) is 0 Å². The van der Waals surface area contributed by atoms with Crippen molar-refractivity contribution in [2.24, 2.45) is 5.92 Å². The molecular weight excluding hydrogens is 255 g/mol. The van der Waals surface area contributed by atoms with Gasteiger partial charge in [-0.1, -0.05) is 25.1 Å². The molecular formula is C16H23FN2O. The van der Waals surface area contributed by atoms with Crippen LogP contribution in [0.4, 0.5) is 4.39 Å². The van der Waals surface area contributed by atoms with Crippen molar-refractivity contribution in [3.8, 4) is 0 Å². The number of carbonyl (C=O) groups excluding carboxylic acids is 1. The van der Waals surface area contributed by atoms with Gasteiger partial charge in [0.1, 0.15) is 5.82 Å². The third-order valence-electron chi connectivity index (χ3n) is 4.12. The normalized spacial score (nSPS) is 18.1. The van der Waals surface area contributed by atoms with Gasteiger partial charge in [0, 0.05) is 25.0 Å². The molecule has 0 aromatic heterocycles. The Kier molecular flexibility index (Phi) is 5.12. The molecule has 0 radical (unpaired) electrons. The molecule has 1 heterocycles. The fourth-order valence-electron chi connectivity index (χ4n) is 2.78. The minimum atomic E-state index is -0.221. The molecule has 20 heavy (non-hydrogen) atoms. The molecule has 1 aliphatic rings. The monoisotopic (exact) mass is 278 g/mol. The van der Waals surface area contributed by atoms with Crippen LogP contribution in [0.2, 0.25) is 0 Å². The van der Waals surface area contributed by atoms with Gasteiger partial charge in [-0.3, -0.25) is 4.79 Å². The first-order valence-corrected chi connectivity index (χ1v) is 7.31. The lowest BCUT2D eigenvalue weighted by molar-refractivity contribution is -0.136. The molecule has 1 aliphatic heterocycles. The quantitative estimate of drug-likeness (QED) is 0.916. The van der Waals surface area contributed by atoms with Crippen molar-refractivity contribution in [3.63, 3.8) is 0 Å². The highest BCUT2D eigenvalue weighted by Gasteiger charge is 2.25. The van der Waals surface area contributed by atoms with Crippen molar-refractivity contribution < 1.29 is 9.18 Å². The van der Waals surface area contributed by atoms with Crippen molar-refractivity contribution in [3.05, 3.63) is 35.6 Å². The molecule has 1 atom stereocenters. The minimum Gasteiger partial charge on any atom is -0.342 e. The zero-order valence-electron chi connectivity index (χ0n) is 12.2. The lowest BCUT2D eigenvalue weighted by Gasteiger charge is -2.33. The van der Waals surface area contributed by atoms with Crippen LogP contribution in [0.25, 0.3) is 0 Å². The first-order valence-electron chi connectivity index (χ1n) is 7.31. The van der Waals surface area contributed by atoms with Crippen LogP contribution in [0, 0.1) is 11.7 Å². The fourth-order valence-corrected chi connectivity index (χ4v) is 2.78. The summed E-state index contributed by atoms with van der Waals surface area (Å²) in [5.41, 5.74) is 0.624. The lowest BCUT2D eigenvalue weighted by atomic mass is 9.97. The van der Waals surface area contributed by atoms with E-state index < -0.39 is 0 Å². The van der Waals surface area contributed by atoms with Crippen molar-refractivity contribution in [2.45, 2.75) is 32.2 Å². The predicted molar refractivity (Wildman–Crippen MR) is 77.9 cm³/mol. The van der Waals surface area contributed by atoms with E-state index in [2.05, 4.69) is 5.32 Å². The van der Waals surface area contributed by atoms with Gasteiger partial charge in [-0.25, -0.2) is 4.39 Å². The number of halogens is 1. The number of rotatable bonds is 4. The molecule has 2 rings (SSSR count). The molecule has 1 amide bonds. The second-order valence-electron chi connectivity index (χ2n) is 5.58. The second kappa shape index (κ2) is 6.84. The van der Waals surface area contributed by atoms with E-state index in [0.29, 0.717) is 18.0 Å². The van der Waals surface area contributed by atoms with Crippen LogP contribution < -0.4 is 5.32 Å². The number of nitrogens with one attached hydrogen (secondary N) is 1. The molecule has 1 fully saturated rings. The highest BCUT2D eigenvalue weighted by atomic mass is 19.1. The van der Waals surface area contributed by atoms with Gasteiger partial charge < -0.3 is 10.2 Å². The maximum atomic E-state index is 13.6. The largest absolute Gasteiger partial charge is 0.342 e. The summed E-state index contributed by atoms with van der Waals surface area (Å²) in [5, 5.41) is 3.25. The highest BCUT2D eigenvalue weighted by Crippen LogP contribution is 2.17. The third-order valence-corrected chi connectivity index (χ3v) is 4.12. The number of benzene rings is 1. The van der Waals surface area contributed by atoms with Gasteiger partial charge in [-0.2, -0.15) is 0 Å². The maximum absolute atomic E-state index is 13.6. The highest BCUT2D eigenvalue weighted by molar-refractivity contribution is 5.78. The summed E-state index contributed by atoms with van der Waals surface area (Å²) in [6.07, 6.45) is 2.46. The van der Waals surface area contributed by atoms with Crippen LogP contribution in [-0.2, 0) is 11.2 Å². The number of piperidine rings is 1. The topological polar surface area (TPSA) is 32.3 Å². The first kappa shape index (κ1) is 15.0. The van der Waals surface area contributed by atoms with E-state index in [1.165, 1.54) is 6.07 Å². The molecule has 110 valence electrons. The zero-order chi connectivity index (χ0) is 14.5. The van der Waals surface area contributed by atoms with Crippen molar-refractivity contribution in [2.75, 3.05) is 20.1 Å². The van der Waals surface area contributed by atoms with Gasteiger partial charge in [-0.15, -0.1) is 0 Å². The molecule has 1 N–H and O–H groups in total. The lowest BCUT2D eigenvalue weighted by Crippen LogP contribution is -2.45. The summed E-state index contributed by atoms with van der Waals surface area (Å²) in [6, 6.07) is 7.21. The Labute approximate surface area is 120 Å². The van der Waals surface area contributed by atoms with Crippen LogP contribution in [0.15, 0.2) is 24.3 Å². The van der Waals surface area contributed by atoms with Crippen LogP contribution >= 0.6 is 0 Å². The summed E-state index contributed by atoms with van der Waals surface area (Å²) in [7, 11) is 1.96. The molecule has 1 unspecified atom stereocenters.